The summed E-state index contributed by atoms with van der Waals surface area (Å²) in [7, 11) is 0. The Kier molecular flexibility index (Phi) is 1.14. The molecule has 0 fully saturated rings. The maximum absolute atomic E-state index is 4.08. The second kappa shape index (κ2) is 1.98. The minimum atomic E-state index is 0.885. The third-order valence-electron chi connectivity index (χ3n) is 1.28. The van der Waals surface area contributed by atoms with Crippen LogP contribution in [0.1, 0.15) is 5.69 Å². The van der Waals surface area contributed by atoms with Crippen molar-refractivity contribution < 1.29 is 0 Å². The summed E-state index contributed by atoms with van der Waals surface area (Å²) in [6.07, 6.45) is 1.74. The first kappa shape index (κ1) is 5.73. The van der Waals surface area contributed by atoms with Crippen LogP contribution in [-0.4, -0.2) is 13.7 Å². The summed E-state index contributed by atoms with van der Waals surface area (Å²) in [4.78, 5) is 4.08. The van der Waals surface area contributed by atoms with Crippen LogP contribution in [0.2, 0.25) is 0 Å². The summed E-state index contributed by atoms with van der Waals surface area (Å²) in [5, 5.41) is 0. The van der Waals surface area contributed by atoms with Crippen molar-refractivity contribution in [1.82, 2.24) is 13.7 Å². The Balaban J connectivity index is 2.86. The van der Waals surface area contributed by atoms with E-state index in [0.717, 1.165) is 16.7 Å². The van der Waals surface area contributed by atoms with Crippen molar-refractivity contribution in [1.29, 1.82) is 0 Å². The van der Waals surface area contributed by atoms with Crippen LogP contribution in [0.15, 0.2) is 12.3 Å². The van der Waals surface area contributed by atoms with Crippen molar-refractivity contribution in [2.45, 2.75) is 6.92 Å². The predicted molar refractivity (Wildman–Crippen MR) is 39.9 cm³/mol. The number of aryl methyl sites for hydroxylation is 1. The highest BCUT2D eigenvalue weighted by Crippen LogP contribution is 2.09. The standard InChI is InChI=1S/C6H5N3S/c1-4-2-5-6(3-7-4)9-10-8-5/h2-3H,1H3. The van der Waals surface area contributed by atoms with Crippen LogP contribution in [0, 0.1) is 6.92 Å². The van der Waals surface area contributed by atoms with E-state index in [0.29, 0.717) is 0 Å². The molecule has 0 N–H and O–H groups in total. The molecule has 0 radical (unpaired) electrons. The number of rotatable bonds is 0. The molecule has 0 spiro atoms. The van der Waals surface area contributed by atoms with Crippen LogP contribution in [0.3, 0.4) is 0 Å². The quantitative estimate of drug-likeness (QED) is 0.571. The molecule has 0 aliphatic heterocycles. The Morgan fingerprint density at radius 2 is 2.10 bits per heavy atom. The Labute approximate surface area is 62.1 Å². The van der Waals surface area contributed by atoms with Crippen LogP contribution in [-0.2, 0) is 0 Å². The Morgan fingerprint density at radius 1 is 1.30 bits per heavy atom. The molecule has 0 atom stereocenters. The van der Waals surface area contributed by atoms with Gasteiger partial charge < -0.3 is 0 Å². The fourth-order valence-electron chi connectivity index (χ4n) is 0.790. The highest BCUT2D eigenvalue weighted by molar-refractivity contribution is 7.00. The maximum atomic E-state index is 4.08. The summed E-state index contributed by atoms with van der Waals surface area (Å²) >= 11 is 1.22. The second-order valence-electron chi connectivity index (χ2n) is 2.08. The van der Waals surface area contributed by atoms with E-state index in [-0.39, 0.29) is 0 Å². The molecule has 0 aliphatic rings. The van der Waals surface area contributed by atoms with Gasteiger partial charge in [-0.05, 0) is 13.0 Å². The van der Waals surface area contributed by atoms with E-state index in [1.54, 1.807) is 6.20 Å². The van der Waals surface area contributed by atoms with Crippen molar-refractivity contribution in [2.75, 3.05) is 0 Å². The van der Waals surface area contributed by atoms with Gasteiger partial charge in [-0.15, -0.1) is 0 Å². The fraction of sp³-hybridized carbons (Fsp3) is 0.167. The maximum Gasteiger partial charge on any atom is 0.123 e. The zero-order valence-electron chi connectivity index (χ0n) is 5.40. The molecule has 0 saturated carbocycles. The molecular weight excluding hydrogens is 146 g/mol. The van der Waals surface area contributed by atoms with Crippen molar-refractivity contribution >= 4 is 22.8 Å². The van der Waals surface area contributed by atoms with E-state index in [2.05, 4.69) is 13.7 Å². The summed E-state index contributed by atoms with van der Waals surface area (Å²) < 4.78 is 8.10. The average Bonchev–Trinajstić information content (AvgIpc) is 2.33. The van der Waals surface area contributed by atoms with Crippen LogP contribution < -0.4 is 0 Å². The topological polar surface area (TPSA) is 38.7 Å². The number of fused-ring (bicyclic) bond motifs is 1. The first-order valence-electron chi connectivity index (χ1n) is 2.91. The molecule has 0 aliphatic carbocycles. The summed E-state index contributed by atoms with van der Waals surface area (Å²) in [6, 6.07) is 1.93. The van der Waals surface area contributed by atoms with Gasteiger partial charge in [0.15, 0.2) is 0 Å². The molecule has 10 heavy (non-hydrogen) atoms. The van der Waals surface area contributed by atoms with Crippen molar-refractivity contribution in [3.8, 4) is 0 Å². The molecule has 4 heteroatoms. The van der Waals surface area contributed by atoms with E-state index >= 15 is 0 Å². The van der Waals surface area contributed by atoms with Crippen LogP contribution >= 0.6 is 11.7 Å². The zero-order valence-corrected chi connectivity index (χ0v) is 6.22. The molecule has 2 rings (SSSR count). The normalized spacial score (nSPS) is 10.5. The highest BCUT2D eigenvalue weighted by Gasteiger charge is 1.96. The lowest BCUT2D eigenvalue weighted by molar-refractivity contribution is 1.22. The first-order chi connectivity index (χ1) is 4.86. The largest absolute Gasteiger partial charge is 0.259 e. The number of hydrogen-bond donors (Lipinski definition) is 0. The summed E-state index contributed by atoms with van der Waals surface area (Å²) in [5.41, 5.74) is 2.81. The zero-order chi connectivity index (χ0) is 6.97. The molecule has 0 amide bonds. The summed E-state index contributed by atoms with van der Waals surface area (Å²) in [6.45, 7) is 1.94. The Morgan fingerprint density at radius 3 is 3.00 bits per heavy atom. The third kappa shape index (κ3) is 0.769. The monoisotopic (exact) mass is 151 g/mol. The van der Waals surface area contributed by atoms with Gasteiger partial charge in [-0.1, -0.05) is 0 Å². The molecule has 2 aromatic rings. The van der Waals surface area contributed by atoms with E-state index in [9.17, 15) is 0 Å². The minimum absolute atomic E-state index is 0.885. The smallest absolute Gasteiger partial charge is 0.123 e. The molecular formula is C6H5N3S. The van der Waals surface area contributed by atoms with Crippen LogP contribution in [0.25, 0.3) is 11.0 Å². The Hall–Kier alpha value is -1.03. The van der Waals surface area contributed by atoms with Gasteiger partial charge in [-0.25, -0.2) is 0 Å². The second-order valence-corrected chi connectivity index (χ2v) is 2.61. The SMILES string of the molecule is Cc1cc2nsnc2cn1. The van der Waals surface area contributed by atoms with Gasteiger partial charge in [-0.2, -0.15) is 8.75 Å². The van der Waals surface area contributed by atoms with Gasteiger partial charge in [0.05, 0.1) is 17.9 Å². The van der Waals surface area contributed by atoms with Gasteiger partial charge in [0.25, 0.3) is 0 Å². The molecule has 2 heterocycles. The molecule has 0 bridgehead atoms. The van der Waals surface area contributed by atoms with E-state index in [1.165, 1.54) is 11.7 Å². The predicted octanol–water partition coefficient (Wildman–Crippen LogP) is 1.39. The molecule has 0 unspecified atom stereocenters. The minimum Gasteiger partial charge on any atom is -0.259 e. The van der Waals surface area contributed by atoms with Crippen LogP contribution in [0.5, 0.6) is 0 Å². The van der Waals surface area contributed by atoms with E-state index in [4.69, 9.17) is 0 Å². The van der Waals surface area contributed by atoms with E-state index in [1.807, 2.05) is 13.0 Å². The third-order valence-corrected chi connectivity index (χ3v) is 1.83. The number of pyridine rings is 1. The molecule has 3 nitrogen and oxygen atoms in total. The van der Waals surface area contributed by atoms with Gasteiger partial charge >= 0.3 is 0 Å². The molecule has 0 saturated heterocycles. The van der Waals surface area contributed by atoms with Gasteiger partial charge in [0.1, 0.15) is 11.0 Å². The number of nitrogens with zero attached hydrogens (tertiary/aromatic N) is 3. The molecule has 0 aromatic carbocycles. The highest BCUT2D eigenvalue weighted by atomic mass is 32.1. The number of aromatic nitrogens is 3. The van der Waals surface area contributed by atoms with Gasteiger partial charge in [0, 0.05) is 5.69 Å². The summed E-state index contributed by atoms with van der Waals surface area (Å²) in [5.74, 6) is 0. The lowest BCUT2D eigenvalue weighted by atomic mass is 10.3. The van der Waals surface area contributed by atoms with Crippen molar-refractivity contribution in [3.63, 3.8) is 0 Å². The molecule has 50 valence electrons. The first-order valence-corrected chi connectivity index (χ1v) is 3.64. The van der Waals surface area contributed by atoms with Gasteiger partial charge in [0.2, 0.25) is 0 Å². The molecule has 2 aromatic heterocycles. The van der Waals surface area contributed by atoms with Crippen molar-refractivity contribution in [2.24, 2.45) is 0 Å². The van der Waals surface area contributed by atoms with Gasteiger partial charge in [-0.3, -0.25) is 4.98 Å². The lowest BCUT2D eigenvalue weighted by Crippen LogP contribution is -1.78. The lowest BCUT2D eigenvalue weighted by Gasteiger charge is -1.86. The fourth-order valence-corrected chi connectivity index (χ4v) is 1.29. The van der Waals surface area contributed by atoms with Crippen LogP contribution in [0.4, 0.5) is 0 Å². The van der Waals surface area contributed by atoms with E-state index < -0.39 is 0 Å². The Bertz CT molecular complexity index is 355. The average molecular weight is 151 g/mol. The number of hydrogen-bond acceptors (Lipinski definition) is 4. The van der Waals surface area contributed by atoms with Crippen molar-refractivity contribution in [3.05, 3.63) is 18.0 Å².